The molecule has 0 aliphatic rings. The molecule has 2 heteroatoms. The predicted molar refractivity (Wildman–Crippen MR) is 88.8 cm³/mol. The molecule has 1 atom stereocenters. The summed E-state index contributed by atoms with van der Waals surface area (Å²) in [6, 6.07) is 11.3. The number of rotatable bonds is 4. The van der Waals surface area contributed by atoms with Crippen LogP contribution in [0.5, 0.6) is 0 Å². The van der Waals surface area contributed by atoms with E-state index in [9.17, 15) is 0 Å². The van der Waals surface area contributed by atoms with Gasteiger partial charge < -0.3 is 9.73 Å². The maximum Gasteiger partial charge on any atom is 0.106 e. The van der Waals surface area contributed by atoms with E-state index >= 15 is 0 Å². The quantitative estimate of drug-likeness (QED) is 0.865. The van der Waals surface area contributed by atoms with Crippen molar-refractivity contribution in [3.05, 3.63) is 58.5 Å². The average Bonchev–Trinajstić information content (AvgIpc) is 2.74. The van der Waals surface area contributed by atoms with Crippen LogP contribution in [0.1, 0.15) is 61.9 Å². The van der Waals surface area contributed by atoms with Crippen LogP contribution in [0.4, 0.5) is 0 Å². The molecule has 1 aromatic heterocycles. The van der Waals surface area contributed by atoms with Gasteiger partial charge in [-0.15, -0.1) is 0 Å². The third-order valence-corrected chi connectivity index (χ3v) is 3.91. The Morgan fingerprint density at radius 1 is 1.10 bits per heavy atom. The molecule has 2 rings (SSSR count). The summed E-state index contributed by atoms with van der Waals surface area (Å²) in [6.07, 6.45) is 0. The largest absolute Gasteiger partial charge is 0.466 e. The van der Waals surface area contributed by atoms with Gasteiger partial charge in [-0.3, -0.25) is 0 Å². The number of nitrogens with one attached hydrogen (secondary N) is 1. The maximum absolute atomic E-state index is 5.70. The number of benzene rings is 1. The molecule has 0 aliphatic carbocycles. The van der Waals surface area contributed by atoms with Crippen LogP contribution < -0.4 is 5.32 Å². The molecule has 1 unspecified atom stereocenters. The molecule has 0 aliphatic heterocycles. The van der Waals surface area contributed by atoms with Gasteiger partial charge in [0.15, 0.2) is 0 Å². The van der Waals surface area contributed by atoms with Gasteiger partial charge in [-0.2, -0.15) is 0 Å². The van der Waals surface area contributed by atoms with Gasteiger partial charge >= 0.3 is 0 Å². The van der Waals surface area contributed by atoms with Gasteiger partial charge in [-0.1, -0.05) is 52.0 Å². The Hall–Kier alpha value is -1.54. The first-order valence-corrected chi connectivity index (χ1v) is 7.73. The highest BCUT2D eigenvalue weighted by Crippen LogP contribution is 2.29. The summed E-state index contributed by atoms with van der Waals surface area (Å²) in [4.78, 5) is 0. The van der Waals surface area contributed by atoms with Crippen LogP contribution in [0.2, 0.25) is 0 Å². The molecule has 2 nitrogen and oxygen atoms in total. The van der Waals surface area contributed by atoms with Crippen molar-refractivity contribution in [1.82, 2.24) is 5.32 Å². The van der Waals surface area contributed by atoms with E-state index in [1.54, 1.807) is 0 Å². The molecule has 1 N–H and O–H groups in total. The molecular formula is C19H27NO. The number of hydrogen-bond donors (Lipinski definition) is 1. The second kappa shape index (κ2) is 6.07. The molecule has 0 fully saturated rings. The van der Waals surface area contributed by atoms with Crippen LogP contribution in [-0.4, -0.2) is 6.54 Å². The maximum atomic E-state index is 5.70. The second-order valence-corrected chi connectivity index (χ2v) is 6.73. The highest BCUT2D eigenvalue weighted by molar-refractivity contribution is 5.37. The van der Waals surface area contributed by atoms with E-state index in [-0.39, 0.29) is 11.5 Å². The first-order valence-electron chi connectivity index (χ1n) is 7.73. The summed E-state index contributed by atoms with van der Waals surface area (Å²) in [6.45, 7) is 13.8. The van der Waals surface area contributed by atoms with Crippen molar-refractivity contribution in [3.8, 4) is 0 Å². The molecule has 2 aromatic rings. The van der Waals surface area contributed by atoms with Gasteiger partial charge in [0, 0.05) is 5.56 Å². The highest BCUT2D eigenvalue weighted by atomic mass is 16.3. The smallest absolute Gasteiger partial charge is 0.106 e. The molecule has 1 aromatic carbocycles. The summed E-state index contributed by atoms with van der Waals surface area (Å²) in [5.41, 5.74) is 4.07. The second-order valence-electron chi connectivity index (χ2n) is 6.73. The van der Waals surface area contributed by atoms with Crippen molar-refractivity contribution >= 4 is 0 Å². The molecule has 1 heterocycles. The highest BCUT2D eigenvalue weighted by Gasteiger charge is 2.19. The first kappa shape index (κ1) is 15.8. The summed E-state index contributed by atoms with van der Waals surface area (Å²) in [5.74, 6) is 1.97. The van der Waals surface area contributed by atoms with Crippen molar-refractivity contribution < 1.29 is 4.42 Å². The van der Waals surface area contributed by atoms with Gasteiger partial charge in [-0.05, 0) is 43.0 Å². The van der Waals surface area contributed by atoms with Crippen molar-refractivity contribution in [1.29, 1.82) is 0 Å². The van der Waals surface area contributed by atoms with E-state index < -0.39 is 0 Å². The predicted octanol–water partition coefficient (Wildman–Crippen LogP) is 4.89. The topological polar surface area (TPSA) is 25.2 Å². The summed E-state index contributed by atoms with van der Waals surface area (Å²) in [5, 5.41) is 3.57. The zero-order valence-electron chi connectivity index (χ0n) is 14.1. The Balaban J connectivity index is 2.37. The zero-order chi connectivity index (χ0) is 15.6. The van der Waals surface area contributed by atoms with E-state index in [0.717, 1.165) is 18.1 Å². The summed E-state index contributed by atoms with van der Waals surface area (Å²) < 4.78 is 5.70. The van der Waals surface area contributed by atoms with Crippen molar-refractivity contribution in [2.24, 2.45) is 0 Å². The third kappa shape index (κ3) is 3.56. The molecule has 0 amide bonds. The van der Waals surface area contributed by atoms with Gasteiger partial charge in [0.25, 0.3) is 0 Å². The standard InChI is InChI=1S/C19H27NO/c1-7-20-18(17-12-13(2)21-14(17)3)15-8-10-16(11-9-15)19(4,5)6/h8-12,18,20H,7H2,1-6H3. The lowest BCUT2D eigenvalue weighted by Crippen LogP contribution is -2.22. The first-order chi connectivity index (χ1) is 9.82. The van der Waals surface area contributed by atoms with Crippen LogP contribution >= 0.6 is 0 Å². The molecular weight excluding hydrogens is 258 g/mol. The fourth-order valence-corrected chi connectivity index (χ4v) is 2.72. The van der Waals surface area contributed by atoms with Crippen LogP contribution in [0.25, 0.3) is 0 Å². The number of furan rings is 1. The number of aryl methyl sites for hydroxylation is 2. The van der Waals surface area contributed by atoms with Crippen molar-refractivity contribution in [3.63, 3.8) is 0 Å². The van der Waals surface area contributed by atoms with Crippen molar-refractivity contribution in [2.75, 3.05) is 6.54 Å². The molecule has 114 valence electrons. The fraction of sp³-hybridized carbons (Fsp3) is 0.474. The van der Waals surface area contributed by atoms with E-state index in [1.807, 2.05) is 13.8 Å². The summed E-state index contributed by atoms with van der Waals surface area (Å²) >= 11 is 0. The minimum atomic E-state index is 0.189. The van der Waals surface area contributed by atoms with Gasteiger partial charge in [0.2, 0.25) is 0 Å². The molecule has 0 saturated heterocycles. The SMILES string of the molecule is CCNC(c1ccc(C(C)(C)C)cc1)c1cc(C)oc1C. The molecule has 0 bridgehead atoms. The van der Waals surface area contributed by atoms with Crippen LogP contribution in [-0.2, 0) is 5.41 Å². The summed E-state index contributed by atoms with van der Waals surface area (Å²) in [7, 11) is 0. The molecule has 0 saturated carbocycles. The van der Waals surface area contributed by atoms with Gasteiger partial charge in [-0.25, -0.2) is 0 Å². The average molecular weight is 285 g/mol. The lowest BCUT2D eigenvalue weighted by Gasteiger charge is -2.22. The monoisotopic (exact) mass is 285 g/mol. The lowest BCUT2D eigenvalue weighted by atomic mass is 9.86. The third-order valence-electron chi connectivity index (χ3n) is 3.91. The molecule has 0 radical (unpaired) electrons. The Labute approximate surface area is 128 Å². The Morgan fingerprint density at radius 3 is 2.14 bits per heavy atom. The number of hydrogen-bond acceptors (Lipinski definition) is 2. The van der Waals surface area contributed by atoms with Crippen molar-refractivity contribution in [2.45, 2.75) is 53.0 Å². The minimum absolute atomic E-state index is 0.189. The van der Waals surface area contributed by atoms with E-state index in [1.165, 1.54) is 16.7 Å². The Bertz CT molecular complexity index is 587. The molecule has 21 heavy (non-hydrogen) atoms. The van der Waals surface area contributed by atoms with E-state index in [4.69, 9.17) is 4.42 Å². The zero-order valence-corrected chi connectivity index (χ0v) is 14.1. The van der Waals surface area contributed by atoms with Gasteiger partial charge in [0.1, 0.15) is 11.5 Å². The van der Waals surface area contributed by atoms with Crippen LogP contribution in [0.15, 0.2) is 34.7 Å². The van der Waals surface area contributed by atoms with Gasteiger partial charge in [0.05, 0.1) is 6.04 Å². The van der Waals surface area contributed by atoms with Crippen LogP contribution in [0.3, 0.4) is 0 Å². The van der Waals surface area contributed by atoms with E-state index in [0.29, 0.717) is 0 Å². The normalized spacial score (nSPS) is 13.4. The lowest BCUT2D eigenvalue weighted by molar-refractivity contribution is 0.495. The minimum Gasteiger partial charge on any atom is -0.466 e. The Morgan fingerprint density at radius 2 is 1.71 bits per heavy atom. The Kier molecular flexibility index (Phi) is 4.58. The van der Waals surface area contributed by atoms with E-state index in [2.05, 4.69) is 63.3 Å². The molecule has 0 spiro atoms. The fourth-order valence-electron chi connectivity index (χ4n) is 2.72. The van der Waals surface area contributed by atoms with Crippen LogP contribution in [0, 0.1) is 13.8 Å².